The number of piperazine rings is 1. The number of aromatic nitrogens is 2. The van der Waals surface area contributed by atoms with Gasteiger partial charge in [-0.25, -0.2) is 9.97 Å². The first-order valence-electron chi connectivity index (χ1n) is 9.93. The summed E-state index contributed by atoms with van der Waals surface area (Å²) < 4.78 is 10.8. The second-order valence-electron chi connectivity index (χ2n) is 7.10. The molecule has 4 rings (SSSR count). The first kappa shape index (κ1) is 21.5. The van der Waals surface area contributed by atoms with Gasteiger partial charge < -0.3 is 24.6 Å². The molecule has 0 atom stereocenters. The number of benzene rings is 2. The average molecular weight is 455 g/mol. The Balaban J connectivity index is 1.49. The number of nitro benzene ring substituents is 1. The molecule has 0 spiro atoms. The maximum absolute atomic E-state index is 11.2. The van der Waals surface area contributed by atoms with E-state index < -0.39 is 4.92 Å². The predicted molar refractivity (Wildman–Crippen MR) is 126 cm³/mol. The predicted octanol–water partition coefficient (Wildman–Crippen LogP) is 3.07. The molecule has 0 unspecified atom stereocenters. The number of ether oxygens (including phenoxy) is 2. The molecule has 166 valence electrons. The Morgan fingerprint density at radius 2 is 1.78 bits per heavy atom. The number of nitrogens with one attached hydrogen (secondary N) is 1. The number of anilines is 2. The molecule has 3 aromatic rings. The molecule has 32 heavy (non-hydrogen) atoms. The molecule has 0 amide bonds. The summed E-state index contributed by atoms with van der Waals surface area (Å²) in [6.07, 6.45) is 1.54. The largest absolute Gasteiger partial charge is 0.493 e. The Kier molecular flexibility index (Phi) is 6.17. The van der Waals surface area contributed by atoms with Crippen LogP contribution in [-0.2, 0) is 0 Å². The van der Waals surface area contributed by atoms with Crippen molar-refractivity contribution in [2.75, 3.05) is 50.6 Å². The smallest absolute Gasteiger partial charge is 0.292 e. The van der Waals surface area contributed by atoms with Crippen molar-refractivity contribution in [3.63, 3.8) is 0 Å². The quantitative estimate of drug-likeness (QED) is 0.351. The van der Waals surface area contributed by atoms with Crippen LogP contribution in [0.2, 0.25) is 0 Å². The Morgan fingerprint density at radius 3 is 2.47 bits per heavy atom. The normalized spacial score (nSPS) is 13.7. The van der Waals surface area contributed by atoms with Gasteiger partial charge in [-0.3, -0.25) is 10.1 Å². The minimum atomic E-state index is -0.424. The molecular formula is C21H22N6O4S. The topological polar surface area (TPSA) is 106 Å². The van der Waals surface area contributed by atoms with Crippen molar-refractivity contribution < 1.29 is 14.4 Å². The second kappa shape index (κ2) is 9.18. The van der Waals surface area contributed by atoms with Crippen molar-refractivity contribution in [3.8, 4) is 11.5 Å². The highest BCUT2D eigenvalue weighted by Crippen LogP contribution is 2.35. The van der Waals surface area contributed by atoms with Crippen LogP contribution in [-0.4, -0.2) is 65.3 Å². The molecular weight excluding hydrogens is 432 g/mol. The number of hydrogen-bond donors (Lipinski definition) is 1. The minimum absolute atomic E-state index is 0.00897. The van der Waals surface area contributed by atoms with Gasteiger partial charge in [-0.05, 0) is 24.4 Å². The van der Waals surface area contributed by atoms with E-state index in [2.05, 4.69) is 20.2 Å². The molecule has 0 saturated carbocycles. The summed E-state index contributed by atoms with van der Waals surface area (Å²) in [6.45, 7) is 2.65. The molecule has 1 saturated heterocycles. The number of fused-ring (bicyclic) bond motifs is 1. The van der Waals surface area contributed by atoms with E-state index in [1.807, 2.05) is 17.0 Å². The standard InChI is InChI=1S/C21H22N6O4S/c1-30-18-11-14-16(12-19(18)31-2)22-13-23-20(14)25-7-9-26(10-8-25)21(32)24-15-5-3-4-6-17(15)27(28)29/h3-6,11-13H,7-10H2,1-2H3,(H,24,32). The molecule has 1 aromatic heterocycles. The molecule has 0 aliphatic carbocycles. The highest BCUT2D eigenvalue weighted by atomic mass is 32.1. The molecule has 10 nitrogen and oxygen atoms in total. The number of para-hydroxylation sites is 2. The van der Waals surface area contributed by atoms with Crippen LogP contribution in [0.3, 0.4) is 0 Å². The summed E-state index contributed by atoms with van der Waals surface area (Å²) in [5, 5.41) is 15.6. The third kappa shape index (κ3) is 4.19. The lowest BCUT2D eigenvalue weighted by Crippen LogP contribution is -2.50. The lowest BCUT2D eigenvalue weighted by atomic mass is 10.2. The zero-order chi connectivity index (χ0) is 22.7. The Hall–Kier alpha value is -3.73. The van der Waals surface area contributed by atoms with Gasteiger partial charge in [-0.2, -0.15) is 0 Å². The van der Waals surface area contributed by atoms with E-state index in [9.17, 15) is 10.1 Å². The number of nitro groups is 1. The van der Waals surface area contributed by atoms with Crippen LogP contribution in [0.25, 0.3) is 10.9 Å². The maximum atomic E-state index is 11.2. The van der Waals surface area contributed by atoms with Gasteiger partial charge in [0.15, 0.2) is 16.6 Å². The number of hydrogen-bond acceptors (Lipinski definition) is 8. The van der Waals surface area contributed by atoms with Crippen molar-refractivity contribution in [2.45, 2.75) is 0 Å². The fourth-order valence-corrected chi connectivity index (χ4v) is 3.97. The summed E-state index contributed by atoms with van der Waals surface area (Å²) in [7, 11) is 3.18. The lowest BCUT2D eigenvalue weighted by Gasteiger charge is -2.37. The minimum Gasteiger partial charge on any atom is -0.493 e. The molecule has 0 radical (unpaired) electrons. The highest BCUT2D eigenvalue weighted by molar-refractivity contribution is 7.80. The zero-order valence-corrected chi connectivity index (χ0v) is 18.5. The van der Waals surface area contributed by atoms with Gasteiger partial charge in [0.25, 0.3) is 5.69 Å². The lowest BCUT2D eigenvalue weighted by molar-refractivity contribution is -0.383. The first-order chi connectivity index (χ1) is 15.5. The molecule has 1 N–H and O–H groups in total. The van der Waals surface area contributed by atoms with Crippen LogP contribution in [0.15, 0.2) is 42.7 Å². The summed E-state index contributed by atoms with van der Waals surface area (Å²) in [4.78, 5) is 23.9. The molecule has 2 heterocycles. The van der Waals surface area contributed by atoms with Crippen LogP contribution >= 0.6 is 12.2 Å². The van der Waals surface area contributed by atoms with E-state index in [-0.39, 0.29) is 5.69 Å². The van der Waals surface area contributed by atoms with Crippen LogP contribution < -0.4 is 19.7 Å². The van der Waals surface area contributed by atoms with Gasteiger partial charge >= 0.3 is 0 Å². The molecule has 2 aromatic carbocycles. The third-order valence-electron chi connectivity index (χ3n) is 5.33. The molecule has 1 fully saturated rings. The van der Waals surface area contributed by atoms with Gasteiger partial charge in [-0.1, -0.05) is 12.1 Å². The van der Waals surface area contributed by atoms with E-state index >= 15 is 0 Å². The van der Waals surface area contributed by atoms with Gasteiger partial charge in [0, 0.05) is 43.7 Å². The summed E-state index contributed by atoms with van der Waals surface area (Å²) in [5.74, 6) is 2.04. The first-order valence-corrected chi connectivity index (χ1v) is 10.3. The van der Waals surface area contributed by atoms with Crippen molar-refractivity contribution in [1.29, 1.82) is 0 Å². The van der Waals surface area contributed by atoms with Gasteiger partial charge in [0.2, 0.25) is 0 Å². The van der Waals surface area contributed by atoms with Crippen LogP contribution in [0.4, 0.5) is 17.2 Å². The monoisotopic (exact) mass is 454 g/mol. The molecule has 0 bridgehead atoms. The van der Waals surface area contributed by atoms with Crippen LogP contribution in [0.5, 0.6) is 11.5 Å². The summed E-state index contributed by atoms with van der Waals surface area (Å²) >= 11 is 5.51. The number of methoxy groups -OCH3 is 2. The highest BCUT2D eigenvalue weighted by Gasteiger charge is 2.23. The number of nitrogens with zero attached hydrogens (tertiary/aromatic N) is 5. The van der Waals surface area contributed by atoms with Crippen LogP contribution in [0.1, 0.15) is 0 Å². The van der Waals surface area contributed by atoms with Gasteiger partial charge in [0.1, 0.15) is 17.8 Å². The Labute approximate surface area is 189 Å². The molecule has 1 aliphatic heterocycles. The van der Waals surface area contributed by atoms with E-state index in [1.165, 1.54) is 12.4 Å². The van der Waals surface area contributed by atoms with Gasteiger partial charge in [-0.15, -0.1) is 0 Å². The molecule has 11 heteroatoms. The van der Waals surface area contributed by atoms with E-state index in [0.717, 1.165) is 16.7 Å². The zero-order valence-electron chi connectivity index (χ0n) is 17.6. The van der Waals surface area contributed by atoms with Crippen molar-refractivity contribution in [2.24, 2.45) is 0 Å². The molecule has 1 aliphatic rings. The SMILES string of the molecule is COc1cc2ncnc(N3CCN(C(=S)Nc4ccccc4[N+](=O)[O-])CC3)c2cc1OC. The fourth-order valence-electron chi connectivity index (χ4n) is 3.68. The van der Waals surface area contributed by atoms with E-state index in [1.54, 1.807) is 32.4 Å². The number of rotatable bonds is 5. The fraction of sp³-hybridized carbons (Fsp3) is 0.286. The Morgan fingerprint density at radius 1 is 1.09 bits per heavy atom. The summed E-state index contributed by atoms with van der Waals surface area (Å²) in [5.41, 5.74) is 1.14. The summed E-state index contributed by atoms with van der Waals surface area (Å²) in [6, 6.07) is 10.2. The van der Waals surface area contributed by atoms with Crippen LogP contribution in [0, 0.1) is 10.1 Å². The third-order valence-corrected chi connectivity index (χ3v) is 5.69. The van der Waals surface area contributed by atoms with Crippen molar-refractivity contribution >= 4 is 45.4 Å². The van der Waals surface area contributed by atoms with E-state index in [4.69, 9.17) is 21.7 Å². The maximum Gasteiger partial charge on any atom is 0.292 e. The number of thiocarbonyl (C=S) groups is 1. The Bertz CT molecular complexity index is 1170. The second-order valence-corrected chi connectivity index (χ2v) is 7.49. The van der Waals surface area contributed by atoms with Gasteiger partial charge in [0.05, 0.1) is 24.7 Å². The average Bonchev–Trinajstić information content (AvgIpc) is 2.83. The van der Waals surface area contributed by atoms with Crippen molar-refractivity contribution in [3.05, 3.63) is 52.8 Å². The van der Waals surface area contributed by atoms with E-state index in [0.29, 0.717) is 48.5 Å². The van der Waals surface area contributed by atoms with Crippen molar-refractivity contribution in [1.82, 2.24) is 14.9 Å².